The van der Waals surface area contributed by atoms with Crippen LogP contribution in [0.15, 0.2) is 29.4 Å². The van der Waals surface area contributed by atoms with Crippen LogP contribution in [0.4, 0.5) is 0 Å². The number of hydrogen-bond donors (Lipinski definition) is 0. The molecule has 1 rings (SSSR count). The molecular weight excluding hydrogens is 323 g/mol. The van der Waals surface area contributed by atoms with Crippen LogP contribution in [0.25, 0.3) is 0 Å². The molecule has 3 atom stereocenters. The van der Waals surface area contributed by atoms with Crippen molar-refractivity contribution in [3.8, 4) is 5.75 Å². The van der Waals surface area contributed by atoms with Gasteiger partial charge in [0.2, 0.25) is 0 Å². The Labute approximate surface area is 147 Å². The SMILES string of the molecule is CCCC(C)Oc1ccc(/C=N/N(C)[PH](=S)C(C)CCC)cc1. The van der Waals surface area contributed by atoms with Crippen molar-refractivity contribution < 1.29 is 4.74 Å². The molecule has 0 fully saturated rings. The van der Waals surface area contributed by atoms with Gasteiger partial charge in [-0.15, -0.1) is 0 Å². The lowest BCUT2D eigenvalue weighted by Crippen LogP contribution is -2.10. The van der Waals surface area contributed by atoms with Gasteiger partial charge < -0.3 is 4.74 Å². The Morgan fingerprint density at radius 3 is 2.35 bits per heavy atom. The van der Waals surface area contributed by atoms with Crippen LogP contribution in [0.3, 0.4) is 0 Å². The third kappa shape index (κ3) is 7.50. The number of rotatable bonds is 10. The van der Waals surface area contributed by atoms with E-state index in [2.05, 4.69) is 32.8 Å². The molecule has 0 aliphatic rings. The van der Waals surface area contributed by atoms with Crippen LogP contribution < -0.4 is 4.74 Å². The van der Waals surface area contributed by atoms with E-state index in [1.54, 1.807) is 0 Å². The van der Waals surface area contributed by atoms with E-state index in [1.807, 2.05) is 42.3 Å². The van der Waals surface area contributed by atoms with Crippen LogP contribution in [0.2, 0.25) is 0 Å². The smallest absolute Gasteiger partial charge is 0.119 e. The van der Waals surface area contributed by atoms with Crippen molar-refractivity contribution in [3.63, 3.8) is 0 Å². The summed E-state index contributed by atoms with van der Waals surface area (Å²) in [5.41, 5.74) is 1.64. The number of nitrogens with zero attached hydrogens (tertiary/aromatic N) is 2. The van der Waals surface area contributed by atoms with Crippen LogP contribution in [0, 0.1) is 0 Å². The first-order chi connectivity index (χ1) is 11.0. The molecule has 1 aromatic rings. The van der Waals surface area contributed by atoms with Gasteiger partial charge >= 0.3 is 0 Å². The standard InChI is InChI=1S/C18H31N2OPS/c1-6-8-15(3)21-18-12-10-17(11-13-18)14-19-20(5)22(23)16(4)9-7-2/h10-16,22H,6-9H2,1-5H3/b19-14+. The Kier molecular flexibility index (Phi) is 9.50. The lowest BCUT2D eigenvalue weighted by molar-refractivity contribution is 0.210. The molecule has 3 nitrogen and oxygen atoms in total. The topological polar surface area (TPSA) is 24.8 Å². The van der Waals surface area contributed by atoms with Gasteiger partial charge in [0.1, 0.15) is 5.75 Å². The molecule has 0 saturated heterocycles. The summed E-state index contributed by atoms with van der Waals surface area (Å²) in [5, 5.41) is 4.53. The molecule has 0 N–H and O–H groups in total. The van der Waals surface area contributed by atoms with E-state index in [0.717, 1.165) is 24.2 Å². The quantitative estimate of drug-likeness (QED) is 0.324. The van der Waals surface area contributed by atoms with E-state index in [-0.39, 0.29) is 6.10 Å². The highest BCUT2D eigenvalue weighted by Gasteiger charge is 2.09. The van der Waals surface area contributed by atoms with E-state index in [9.17, 15) is 0 Å². The van der Waals surface area contributed by atoms with Gasteiger partial charge in [0.25, 0.3) is 0 Å². The Morgan fingerprint density at radius 1 is 1.17 bits per heavy atom. The fraction of sp³-hybridized carbons (Fsp3) is 0.611. The maximum atomic E-state index is 5.87. The average molecular weight is 355 g/mol. The molecule has 0 amide bonds. The predicted octanol–water partition coefficient (Wildman–Crippen LogP) is 5.30. The normalized spacial score (nSPS) is 15.3. The minimum Gasteiger partial charge on any atom is -0.491 e. The summed E-state index contributed by atoms with van der Waals surface area (Å²) in [6.45, 7) is 7.71. The highest BCUT2D eigenvalue weighted by Crippen LogP contribution is 2.34. The summed E-state index contributed by atoms with van der Waals surface area (Å²) in [4.78, 5) is 0. The molecule has 0 aliphatic carbocycles. The Morgan fingerprint density at radius 2 is 1.78 bits per heavy atom. The molecule has 130 valence electrons. The molecule has 0 aliphatic heterocycles. The van der Waals surface area contributed by atoms with Gasteiger partial charge in [0, 0.05) is 19.6 Å². The third-order valence-corrected chi connectivity index (χ3v) is 7.64. The zero-order valence-corrected chi connectivity index (χ0v) is 16.9. The zero-order valence-electron chi connectivity index (χ0n) is 15.1. The molecule has 0 spiro atoms. The molecule has 0 radical (unpaired) electrons. The summed E-state index contributed by atoms with van der Waals surface area (Å²) in [6.07, 6.45) is 6.72. The van der Waals surface area contributed by atoms with Crippen molar-refractivity contribution in [2.75, 3.05) is 7.05 Å². The van der Waals surface area contributed by atoms with Crippen LogP contribution in [-0.2, 0) is 11.8 Å². The molecule has 0 bridgehead atoms. The molecule has 0 saturated carbocycles. The molecular formula is C18H31N2OPS. The van der Waals surface area contributed by atoms with Crippen molar-refractivity contribution in [2.24, 2.45) is 5.10 Å². The monoisotopic (exact) mass is 354 g/mol. The van der Waals surface area contributed by atoms with Crippen molar-refractivity contribution >= 4 is 24.9 Å². The maximum absolute atomic E-state index is 5.87. The van der Waals surface area contributed by atoms with Gasteiger partial charge in [-0.05, 0) is 49.6 Å². The number of hydrogen-bond acceptors (Lipinski definition) is 3. The van der Waals surface area contributed by atoms with Crippen molar-refractivity contribution in [1.82, 2.24) is 4.78 Å². The van der Waals surface area contributed by atoms with Gasteiger partial charge in [-0.3, -0.25) is 4.78 Å². The second-order valence-corrected chi connectivity index (χ2v) is 9.65. The van der Waals surface area contributed by atoms with Gasteiger partial charge in [-0.1, -0.05) is 45.4 Å². The number of ether oxygens (including phenoxy) is 1. The van der Waals surface area contributed by atoms with E-state index in [4.69, 9.17) is 16.5 Å². The second kappa shape index (κ2) is 10.8. The highest BCUT2D eigenvalue weighted by atomic mass is 32.4. The lowest BCUT2D eigenvalue weighted by atomic mass is 10.2. The van der Waals surface area contributed by atoms with Crippen molar-refractivity contribution in [3.05, 3.63) is 29.8 Å². The summed E-state index contributed by atoms with van der Waals surface area (Å²) in [6, 6.07) is 8.09. The van der Waals surface area contributed by atoms with E-state index < -0.39 is 6.85 Å². The number of hydrazone groups is 1. The van der Waals surface area contributed by atoms with Crippen LogP contribution in [-0.4, -0.2) is 29.8 Å². The first kappa shape index (κ1) is 20.2. The van der Waals surface area contributed by atoms with Crippen LogP contribution in [0.5, 0.6) is 5.75 Å². The first-order valence-corrected chi connectivity index (χ1v) is 11.2. The summed E-state index contributed by atoms with van der Waals surface area (Å²) in [5.74, 6) is 0.918. The average Bonchev–Trinajstić information content (AvgIpc) is 2.53. The van der Waals surface area contributed by atoms with Gasteiger partial charge in [-0.2, -0.15) is 5.10 Å². The van der Waals surface area contributed by atoms with E-state index >= 15 is 0 Å². The van der Waals surface area contributed by atoms with Gasteiger partial charge in [0.05, 0.1) is 12.3 Å². The first-order valence-electron chi connectivity index (χ1n) is 8.56. The zero-order chi connectivity index (χ0) is 17.2. The fourth-order valence-electron chi connectivity index (χ4n) is 2.42. The largest absolute Gasteiger partial charge is 0.491 e. The Hall–Kier alpha value is -0.860. The fourth-order valence-corrected chi connectivity index (χ4v) is 4.26. The summed E-state index contributed by atoms with van der Waals surface area (Å²) < 4.78 is 7.85. The molecule has 5 heteroatoms. The van der Waals surface area contributed by atoms with E-state index in [1.165, 1.54) is 12.8 Å². The van der Waals surface area contributed by atoms with Gasteiger partial charge in [0.15, 0.2) is 0 Å². The Bertz CT molecular complexity index is 504. The molecule has 0 heterocycles. The number of benzene rings is 1. The summed E-state index contributed by atoms with van der Waals surface area (Å²) >= 11 is 5.65. The lowest BCUT2D eigenvalue weighted by Gasteiger charge is -2.21. The van der Waals surface area contributed by atoms with Crippen molar-refractivity contribution in [1.29, 1.82) is 0 Å². The predicted molar refractivity (Wildman–Crippen MR) is 107 cm³/mol. The third-order valence-electron chi connectivity index (χ3n) is 3.75. The Balaban J connectivity index is 2.58. The van der Waals surface area contributed by atoms with Crippen LogP contribution >= 0.6 is 6.85 Å². The maximum Gasteiger partial charge on any atom is 0.119 e. The molecule has 23 heavy (non-hydrogen) atoms. The highest BCUT2D eigenvalue weighted by molar-refractivity contribution is 8.04. The van der Waals surface area contributed by atoms with E-state index in [0.29, 0.717) is 5.66 Å². The molecule has 3 unspecified atom stereocenters. The summed E-state index contributed by atoms with van der Waals surface area (Å²) in [7, 11) is 1.99. The minimum absolute atomic E-state index is 0.260. The molecule has 0 aromatic heterocycles. The minimum atomic E-state index is -1.01. The van der Waals surface area contributed by atoms with Gasteiger partial charge in [-0.25, -0.2) is 0 Å². The molecule has 1 aromatic carbocycles. The van der Waals surface area contributed by atoms with Crippen LogP contribution in [0.1, 0.15) is 58.9 Å². The second-order valence-electron chi connectivity index (χ2n) is 6.08. The van der Waals surface area contributed by atoms with Crippen molar-refractivity contribution in [2.45, 2.75) is 65.1 Å².